The highest BCUT2D eigenvalue weighted by Gasteiger charge is 2.34. The van der Waals surface area contributed by atoms with E-state index < -0.39 is 28.0 Å². The highest BCUT2D eigenvalue weighted by atomic mass is 32.2. The zero-order valence-electron chi connectivity index (χ0n) is 17.1. The van der Waals surface area contributed by atoms with E-state index in [1.165, 1.54) is 24.6 Å². The molecule has 3 rings (SSSR count). The third-order valence-electron chi connectivity index (χ3n) is 5.95. The number of benzene rings is 1. The monoisotopic (exact) mass is 442 g/mol. The van der Waals surface area contributed by atoms with Crippen molar-refractivity contribution in [3.8, 4) is 0 Å². The molecule has 0 unspecified atom stereocenters. The molecule has 1 saturated carbocycles. The van der Waals surface area contributed by atoms with Crippen LogP contribution in [0.5, 0.6) is 0 Å². The highest BCUT2D eigenvalue weighted by Crippen LogP contribution is 2.25. The summed E-state index contributed by atoms with van der Waals surface area (Å²) in [7, 11) is -3.92. The first kappa shape index (κ1) is 23.1. The molecule has 0 radical (unpaired) electrons. The Hall–Kier alpha value is -1.55. The number of nitrogens with one attached hydrogen (secondary N) is 2. The molecule has 0 bridgehead atoms. The van der Waals surface area contributed by atoms with Gasteiger partial charge in [-0.25, -0.2) is 17.5 Å². The number of hydrogen-bond acceptors (Lipinski definition) is 5. The minimum absolute atomic E-state index is 0.102. The number of aliphatic hydroxyl groups is 1. The number of halogens is 1. The molecular weight excluding hydrogens is 411 g/mol. The molecule has 2 aliphatic rings. The smallest absolute Gasteiger partial charge is 0.241 e. The average molecular weight is 443 g/mol. The minimum atomic E-state index is -3.92. The Labute approximate surface area is 177 Å². The molecule has 1 aromatic carbocycles. The third kappa shape index (κ3) is 6.23. The number of rotatable bonds is 8. The van der Waals surface area contributed by atoms with Gasteiger partial charge in [0.25, 0.3) is 0 Å². The van der Waals surface area contributed by atoms with Gasteiger partial charge in [0.2, 0.25) is 15.9 Å². The lowest BCUT2D eigenvalue weighted by atomic mass is 9.88. The molecule has 0 spiro atoms. The Balaban J connectivity index is 1.48. The molecule has 1 heterocycles. The van der Waals surface area contributed by atoms with Crippen LogP contribution in [-0.4, -0.2) is 50.8 Å². The first-order chi connectivity index (χ1) is 14.4. The molecule has 1 saturated heterocycles. The molecule has 3 atom stereocenters. The molecule has 30 heavy (non-hydrogen) atoms. The van der Waals surface area contributed by atoms with Gasteiger partial charge in [-0.15, -0.1) is 0 Å². The van der Waals surface area contributed by atoms with Crippen LogP contribution in [0.4, 0.5) is 4.39 Å². The fraction of sp³-hybridized carbons (Fsp3) is 0.667. The standard InChI is InChI=1S/C21H31FN2O5S/c22-16-7-4-8-18(13-16)30(27,28)24-19-10-9-17(29-20(19)14-25)11-12-23-21(26)15-5-2-1-3-6-15/h4,7-8,13,15,17,19-20,24-25H,1-3,5-6,9-12,14H2,(H,23,26)/t17-,19+,20-/m0/s1. The number of carbonyl (C=O) groups is 1. The normalized spacial score (nSPS) is 25.7. The van der Waals surface area contributed by atoms with Crippen molar-refractivity contribution < 1.29 is 27.4 Å². The van der Waals surface area contributed by atoms with E-state index in [1.54, 1.807) is 0 Å². The highest BCUT2D eigenvalue weighted by molar-refractivity contribution is 7.89. The van der Waals surface area contributed by atoms with Crippen LogP contribution in [0.15, 0.2) is 29.2 Å². The summed E-state index contributed by atoms with van der Waals surface area (Å²) in [4.78, 5) is 12.1. The largest absolute Gasteiger partial charge is 0.394 e. The zero-order chi connectivity index (χ0) is 21.6. The number of hydrogen-bond donors (Lipinski definition) is 3. The van der Waals surface area contributed by atoms with Gasteiger partial charge in [-0.3, -0.25) is 4.79 Å². The van der Waals surface area contributed by atoms with E-state index in [4.69, 9.17) is 4.74 Å². The molecule has 3 N–H and O–H groups in total. The van der Waals surface area contributed by atoms with Crippen LogP contribution in [0.2, 0.25) is 0 Å². The summed E-state index contributed by atoms with van der Waals surface area (Å²) in [5, 5.41) is 12.7. The van der Waals surface area contributed by atoms with E-state index in [0.717, 1.165) is 31.7 Å². The number of sulfonamides is 1. The summed E-state index contributed by atoms with van der Waals surface area (Å²) in [6, 6.07) is 4.19. The number of aliphatic hydroxyl groups excluding tert-OH is 1. The maximum absolute atomic E-state index is 13.4. The van der Waals surface area contributed by atoms with Crippen molar-refractivity contribution in [3.05, 3.63) is 30.1 Å². The van der Waals surface area contributed by atoms with Gasteiger partial charge in [0.15, 0.2) is 0 Å². The molecular formula is C21H31FN2O5S. The summed E-state index contributed by atoms with van der Waals surface area (Å²) in [5.41, 5.74) is 0. The molecule has 2 fully saturated rings. The van der Waals surface area contributed by atoms with Crippen molar-refractivity contribution in [2.45, 2.75) is 74.5 Å². The summed E-state index contributed by atoms with van der Waals surface area (Å²) >= 11 is 0. The maximum atomic E-state index is 13.4. The van der Waals surface area contributed by atoms with E-state index >= 15 is 0 Å². The van der Waals surface area contributed by atoms with Crippen molar-refractivity contribution >= 4 is 15.9 Å². The Morgan fingerprint density at radius 1 is 1.17 bits per heavy atom. The molecule has 1 amide bonds. The van der Waals surface area contributed by atoms with Crippen LogP contribution in [-0.2, 0) is 19.6 Å². The molecule has 7 nitrogen and oxygen atoms in total. The van der Waals surface area contributed by atoms with Gasteiger partial charge >= 0.3 is 0 Å². The lowest BCUT2D eigenvalue weighted by Crippen LogP contribution is -2.51. The topological polar surface area (TPSA) is 105 Å². The van der Waals surface area contributed by atoms with Gasteiger partial charge in [-0.2, -0.15) is 0 Å². The summed E-state index contributed by atoms with van der Waals surface area (Å²) in [6.45, 7) is 0.166. The van der Waals surface area contributed by atoms with Crippen LogP contribution in [0.3, 0.4) is 0 Å². The van der Waals surface area contributed by atoms with Crippen molar-refractivity contribution in [1.82, 2.24) is 10.0 Å². The molecule has 1 aliphatic carbocycles. The molecule has 0 aromatic heterocycles. The second-order valence-electron chi connectivity index (χ2n) is 8.16. The van der Waals surface area contributed by atoms with Crippen molar-refractivity contribution in [2.24, 2.45) is 5.92 Å². The van der Waals surface area contributed by atoms with Gasteiger partial charge in [-0.05, 0) is 50.3 Å². The van der Waals surface area contributed by atoms with Crippen LogP contribution in [0, 0.1) is 11.7 Å². The summed E-state index contributed by atoms with van der Waals surface area (Å²) < 4.78 is 46.8. The van der Waals surface area contributed by atoms with Gasteiger partial charge in [-0.1, -0.05) is 25.3 Å². The van der Waals surface area contributed by atoms with Crippen LogP contribution >= 0.6 is 0 Å². The molecule has 1 aliphatic heterocycles. The average Bonchev–Trinajstić information content (AvgIpc) is 2.75. The quantitative estimate of drug-likeness (QED) is 0.572. The first-order valence-electron chi connectivity index (χ1n) is 10.7. The minimum Gasteiger partial charge on any atom is -0.394 e. The van der Waals surface area contributed by atoms with Crippen molar-refractivity contribution in [2.75, 3.05) is 13.2 Å². The molecule has 168 valence electrons. The lowest BCUT2D eigenvalue weighted by Gasteiger charge is -2.36. The van der Waals surface area contributed by atoms with Gasteiger partial charge in [0.1, 0.15) is 5.82 Å². The van der Waals surface area contributed by atoms with E-state index in [1.807, 2.05) is 0 Å². The van der Waals surface area contributed by atoms with Gasteiger partial charge < -0.3 is 15.2 Å². The Bertz CT molecular complexity index is 813. The van der Waals surface area contributed by atoms with Gasteiger partial charge in [0.05, 0.1) is 29.8 Å². The second-order valence-corrected chi connectivity index (χ2v) is 9.87. The number of ether oxygens (including phenoxy) is 1. The van der Waals surface area contributed by atoms with Crippen LogP contribution < -0.4 is 10.0 Å². The summed E-state index contributed by atoms with van der Waals surface area (Å²) in [5.74, 6) is -0.422. The van der Waals surface area contributed by atoms with Gasteiger partial charge in [0, 0.05) is 12.5 Å². The fourth-order valence-electron chi connectivity index (χ4n) is 4.25. The summed E-state index contributed by atoms with van der Waals surface area (Å²) in [6.07, 6.45) is 6.16. The molecule has 9 heteroatoms. The predicted octanol–water partition coefficient (Wildman–Crippen LogP) is 2.10. The predicted molar refractivity (Wildman–Crippen MR) is 110 cm³/mol. The Kier molecular flexibility index (Phi) is 8.21. The van der Waals surface area contributed by atoms with Crippen LogP contribution in [0.25, 0.3) is 0 Å². The SMILES string of the molecule is O=C(NCC[C@@H]1CC[C@@H](NS(=O)(=O)c2cccc(F)c2)[C@H](CO)O1)C1CCCCC1. The van der Waals surface area contributed by atoms with E-state index in [-0.39, 0.29) is 29.4 Å². The van der Waals surface area contributed by atoms with Crippen molar-refractivity contribution in [1.29, 1.82) is 0 Å². The van der Waals surface area contributed by atoms with E-state index in [0.29, 0.717) is 25.8 Å². The van der Waals surface area contributed by atoms with E-state index in [9.17, 15) is 22.7 Å². The number of carbonyl (C=O) groups excluding carboxylic acids is 1. The molecule has 1 aromatic rings. The zero-order valence-corrected chi connectivity index (χ0v) is 17.9. The fourth-order valence-corrected chi connectivity index (χ4v) is 5.58. The first-order valence-corrected chi connectivity index (χ1v) is 12.2. The Morgan fingerprint density at radius 2 is 1.93 bits per heavy atom. The number of amides is 1. The Morgan fingerprint density at radius 3 is 2.63 bits per heavy atom. The van der Waals surface area contributed by atoms with E-state index in [2.05, 4.69) is 10.0 Å². The maximum Gasteiger partial charge on any atom is 0.241 e. The van der Waals surface area contributed by atoms with Crippen molar-refractivity contribution in [3.63, 3.8) is 0 Å². The second kappa shape index (κ2) is 10.7. The third-order valence-corrected chi connectivity index (χ3v) is 7.44. The lowest BCUT2D eigenvalue weighted by molar-refractivity contribution is -0.126. The van der Waals surface area contributed by atoms with Crippen LogP contribution in [0.1, 0.15) is 51.4 Å².